The first-order chi connectivity index (χ1) is 10.6. The Hall–Kier alpha value is -1.55. The van der Waals surface area contributed by atoms with Gasteiger partial charge in [0, 0.05) is 0 Å². The summed E-state index contributed by atoms with van der Waals surface area (Å²) in [5, 5.41) is 12.3. The van der Waals surface area contributed by atoms with E-state index >= 15 is 0 Å². The fourth-order valence-electron chi connectivity index (χ4n) is 3.30. The number of aliphatic hydroxyl groups excluding tert-OH is 1. The molecule has 0 heterocycles. The van der Waals surface area contributed by atoms with E-state index < -0.39 is 6.09 Å². The van der Waals surface area contributed by atoms with E-state index in [0.717, 1.165) is 12.0 Å². The lowest BCUT2D eigenvalue weighted by atomic mass is 9.72. The lowest BCUT2D eigenvalue weighted by Gasteiger charge is -2.36. The molecule has 1 unspecified atom stereocenters. The number of hydrogen-bond donors (Lipinski definition) is 2. The Morgan fingerprint density at radius 3 is 2.59 bits per heavy atom. The predicted molar refractivity (Wildman–Crippen MR) is 86.4 cm³/mol. The molecule has 2 N–H and O–H groups in total. The molecular formula is C18H27NO3. The third-order valence-corrected chi connectivity index (χ3v) is 4.55. The SMILES string of the molecule is CC1(CC(CO)NC(=O)OCc2ccccc2)CCCCC1. The summed E-state index contributed by atoms with van der Waals surface area (Å²) >= 11 is 0. The second-order valence-electron chi connectivity index (χ2n) is 6.66. The minimum absolute atomic E-state index is 0.0456. The highest BCUT2D eigenvalue weighted by Crippen LogP contribution is 2.39. The van der Waals surface area contributed by atoms with E-state index in [1.807, 2.05) is 30.3 Å². The Kier molecular flexibility index (Phi) is 6.25. The molecule has 1 aromatic rings. The summed E-state index contributed by atoms with van der Waals surface area (Å²) in [6, 6.07) is 9.36. The standard InChI is InChI=1S/C18H27NO3/c1-18(10-6-3-7-11-18)12-16(13-20)19-17(21)22-14-15-8-4-2-5-9-15/h2,4-5,8-9,16,20H,3,6-7,10-14H2,1H3,(H,19,21). The number of ether oxygens (including phenoxy) is 1. The number of carbonyl (C=O) groups is 1. The zero-order valence-corrected chi connectivity index (χ0v) is 13.4. The monoisotopic (exact) mass is 305 g/mol. The molecule has 4 nitrogen and oxygen atoms in total. The van der Waals surface area contributed by atoms with E-state index in [2.05, 4.69) is 12.2 Å². The Labute approximate surface area is 132 Å². The van der Waals surface area contributed by atoms with Crippen molar-refractivity contribution in [1.82, 2.24) is 5.32 Å². The quantitative estimate of drug-likeness (QED) is 0.843. The molecule has 0 bridgehead atoms. The van der Waals surface area contributed by atoms with Crippen LogP contribution in [0.3, 0.4) is 0 Å². The largest absolute Gasteiger partial charge is 0.445 e. The summed E-state index contributed by atoms with van der Waals surface area (Å²) in [6.45, 7) is 2.46. The Morgan fingerprint density at radius 1 is 1.27 bits per heavy atom. The number of alkyl carbamates (subject to hydrolysis) is 1. The van der Waals surface area contributed by atoms with E-state index in [0.29, 0.717) is 0 Å². The van der Waals surface area contributed by atoms with Gasteiger partial charge in [0.2, 0.25) is 0 Å². The van der Waals surface area contributed by atoms with Gasteiger partial charge in [-0.3, -0.25) is 0 Å². The summed E-state index contributed by atoms with van der Waals surface area (Å²) in [5.41, 5.74) is 1.18. The van der Waals surface area contributed by atoms with Crippen molar-refractivity contribution in [3.63, 3.8) is 0 Å². The number of benzene rings is 1. The predicted octanol–water partition coefficient (Wildman–Crippen LogP) is 3.63. The molecule has 1 aromatic carbocycles. The topological polar surface area (TPSA) is 58.6 Å². The zero-order valence-electron chi connectivity index (χ0n) is 13.4. The molecule has 0 spiro atoms. The first-order valence-corrected chi connectivity index (χ1v) is 8.19. The van der Waals surface area contributed by atoms with Gasteiger partial charge < -0.3 is 15.2 Å². The van der Waals surface area contributed by atoms with Gasteiger partial charge in [-0.2, -0.15) is 0 Å². The van der Waals surface area contributed by atoms with Gasteiger partial charge in [-0.05, 0) is 30.2 Å². The minimum Gasteiger partial charge on any atom is -0.445 e. The highest BCUT2D eigenvalue weighted by molar-refractivity contribution is 5.67. The number of rotatable bonds is 6. The van der Waals surface area contributed by atoms with Crippen LogP contribution in [0.2, 0.25) is 0 Å². The van der Waals surface area contributed by atoms with Crippen molar-refractivity contribution in [2.24, 2.45) is 5.41 Å². The first-order valence-electron chi connectivity index (χ1n) is 8.19. The van der Waals surface area contributed by atoms with Gasteiger partial charge in [0.25, 0.3) is 0 Å². The van der Waals surface area contributed by atoms with Gasteiger partial charge in [0.05, 0.1) is 12.6 Å². The van der Waals surface area contributed by atoms with Crippen molar-refractivity contribution in [2.45, 2.75) is 58.1 Å². The van der Waals surface area contributed by atoms with Crippen LogP contribution in [0, 0.1) is 5.41 Å². The van der Waals surface area contributed by atoms with Crippen LogP contribution in [0.4, 0.5) is 4.79 Å². The van der Waals surface area contributed by atoms with Crippen molar-refractivity contribution >= 4 is 6.09 Å². The molecule has 0 saturated heterocycles. The van der Waals surface area contributed by atoms with Gasteiger partial charge in [0.15, 0.2) is 0 Å². The molecule has 2 rings (SSSR count). The fraction of sp³-hybridized carbons (Fsp3) is 0.611. The van der Waals surface area contributed by atoms with Crippen molar-refractivity contribution in [1.29, 1.82) is 0 Å². The molecule has 0 aliphatic heterocycles. The number of aliphatic hydroxyl groups is 1. The van der Waals surface area contributed by atoms with Gasteiger partial charge in [0.1, 0.15) is 6.61 Å². The lowest BCUT2D eigenvalue weighted by Crippen LogP contribution is -2.41. The van der Waals surface area contributed by atoms with Crippen LogP contribution in [0.1, 0.15) is 51.0 Å². The molecule has 122 valence electrons. The van der Waals surface area contributed by atoms with Crippen LogP contribution in [-0.2, 0) is 11.3 Å². The van der Waals surface area contributed by atoms with E-state index in [-0.39, 0.29) is 24.7 Å². The molecule has 1 aliphatic rings. The maximum Gasteiger partial charge on any atom is 0.407 e. The second-order valence-corrected chi connectivity index (χ2v) is 6.66. The molecule has 1 atom stereocenters. The van der Waals surface area contributed by atoms with Gasteiger partial charge in [-0.15, -0.1) is 0 Å². The average molecular weight is 305 g/mol. The molecular weight excluding hydrogens is 278 g/mol. The van der Waals surface area contributed by atoms with Crippen molar-refractivity contribution < 1.29 is 14.6 Å². The third-order valence-electron chi connectivity index (χ3n) is 4.55. The zero-order chi connectivity index (χ0) is 15.8. The third kappa shape index (κ3) is 5.34. The maximum atomic E-state index is 11.9. The number of carbonyl (C=O) groups excluding carboxylic acids is 1. The molecule has 1 fully saturated rings. The van der Waals surface area contributed by atoms with Crippen LogP contribution in [0.15, 0.2) is 30.3 Å². The highest BCUT2D eigenvalue weighted by atomic mass is 16.5. The molecule has 0 radical (unpaired) electrons. The van der Waals surface area contributed by atoms with Crippen LogP contribution in [-0.4, -0.2) is 23.8 Å². The van der Waals surface area contributed by atoms with Crippen molar-refractivity contribution in [3.8, 4) is 0 Å². The normalized spacial score (nSPS) is 18.5. The molecule has 4 heteroatoms. The number of hydrogen-bond acceptors (Lipinski definition) is 3. The molecule has 1 saturated carbocycles. The van der Waals surface area contributed by atoms with Gasteiger partial charge >= 0.3 is 6.09 Å². The average Bonchev–Trinajstić information content (AvgIpc) is 2.54. The molecule has 0 aromatic heterocycles. The lowest BCUT2D eigenvalue weighted by molar-refractivity contribution is 0.110. The fourth-order valence-corrected chi connectivity index (χ4v) is 3.30. The summed E-state index contributed by atoms with van der Waals surface area (Å²) in [7, 11) is 0. The van der Waals surface area contributed by atoms with Crippen molar-refractivity contribution in [2.75, 3.05) is 6.61 Å². The van der Waals surface area contributed by atoms with E-state index in [1.165, 1.54) is 32.1 Å². The van der Waals surface area contributed by atoms with Crippen LogP contribution < -0.4 is 5.32 Å². The van der Waals surface area contributed by atoms with E-state index in [9.17, 15) is 9.90 Å². The Balaban J connectivity index is 1.78. The van der Waals surface area contributed by atoms with Crippen LogP contribution >= 0.6 is 0 Å². The molecule has 22 heavy (non-hydrogen) atoms. The highest BCUT2D eigenvalue weighted by Gasteiger charge is 2.30. The first kappa shape index (κ1) is 16.8. The Bertz CT molecular complexity index is 455. The smallest absolute Gasteiger partial charge is 0.407 e. The number of nitrogens with one attached hydrogen (secondary N) is 1. The Morgan fingerprint density at radius 2 is 1.95 bits per heavy atom. The minimum atomic E-state index is -0.456. The van der Waals surface area contributed by atoms with Gasteiger partial charge in [-0.1, -0.05) is 56.5 Å². The van der Waals surface area contributed by atoms with E-state index in [1.54, 1.807) is 0 Å². The maximum absolute atomic E-state index is 11.9. The van der Waals surface area contributed by atoms with Crippen molar-refractivity contribution in [3.05, 3.63) is 35.9 Å². The summed E-state index contributed by atoms with van der Waals surface area (Å²) in [6.07, 6.45) is 6.48. The van der Waals surface area contributed by atoms with Crippen LogP contribution in [0.25, 0.3) is 0 Å². The van der Waals surface area contributed by atoms with Gasteiger partial charge in [-0.25, -0.2) is 4.79 Å². The van der Waals surface area contributed by atoms with Crippen LogP contribution in [0.5, 0.6) is 0 Å². The second kappa shape index (κ2) is 8.18. The summed E-state index contributed by atoms with van der Waals surface area (Å²) in [5.74, 6) is 0. The summed E-state index contributed by atoms with van der Waals surface area (Å²) < 4.78 is 5.22. The van der Waals surface area contributed by atoms with E-state index in [4.69, 9.17) is 4.74 Å². The summed E-state index contributed by atoms with van der Waals surface area (Å²) in [4.78, 5) is 11.9. The molecule has 1 amide bonds. The molecule has 1 aliphatic carbocycles. The number of amides is 1.